The van der Waals surface area contributed by atoms with E-state index in [1.807, 2.05) is 0 Å². The van der Waals surface area contributed by atoms with Gasteiger partial charge in [0.15, 0.2) is 24.0 Å². The van der Waals surface area contributed by atoms with Crippen molar-refractivity contribution in [3.63, 3.8) is 0 Å². The molecule has 1 fully saturated rings. The fourth-order valence-electron chi connectivity index (χ4n) is 2.06. The number of aliphatic hydroxyl groups excluding tert-OH is 3. The molecule has 8 nitrogen and oxygen atoms in total. The number of aliphatic hydroxyl groups is 4. The summed E-state index contributed by atoms with van der Waals surface area (Å²) in [5.74, 6) is -2.04. The maximum absolute atomic E-state index is 11.8. The Bertz CT molecular complexity index is 443. The van der Waals surface area contributed by atoms with Gasteiger partial charge in [-0.3, -0.25) is 9.59 Å². The summed E-state index contributed by atoms with van der Waals surface area (Å²) in [6.07, 6.45) is -7.46. The van der Waals surface area contributed by atoms with Crippen LogP contribution in [0.4, 0.5) is 0 Å². The van der Waals surface area contributed by atoms with E-state index >= 15 is 0 Å². The predicted octanol–water partition coefficient (Wildman–Crippen LogP) is -2.32. The second-order valence-electron chi connectivity index (χ2n) is 4.54. The first-order valence-corrected chi connectivity index (χ1v) is 6.03. The van der Waals surface area contributed by atoms with Gasteiger partial charge in [-0.05, 0) is 6.08 Å². The highest BCUT2D eigenvalue weighted by Crippen LogP contribution is 2.32. The molecule has 118 valence electrons. The van der Waals surface area contributed by atoms with Gasteiger partial charge in [0.25, 0.3) is 0 Å². The highest BCUT2D eigenvalue weighted by Gasteiger charge is 2.60. The van der Waals surface area contributed by atoms with Crippen LogP contribution in [-0.4, -0.2) is 75.4 Å². The third kappa shape index (κ3) is 2.82. The number of ether oxygens (including phenoxy) is 2. The SMILES string of the molecule is C=CC(=O)[C@]1(O)[C@@H](OC)O[C@H](C(=O)C(O)C=C)[C@H](O)[C@@H]1O. The smallest absolute Gasteiger partial charge is 0.206 e. The number of rotatable bonds is 6. The minimum atomic E-state index is -2.62. The van der Waals surface area contributed by atoms with Crippen molar-refractivity contribution in [1.29, 1.82) is 0 Å². The Morgan fingerprint density at radius 1 is 1.38 bits per heavy atom. The van der Waals surface area contributed by atoms with Crippen molar-refractivity contribution in [3.05, 3.63) is 25.3 Å². The topological polar surface area (TPSA) is 134 Å². The molecule has 0 bridgehead atoms. The first-order valence-electron chi connectivity index (χ1n) is 6.03. The van der Waals surface area contributed by atoms with Crippen molar-refractivity contribution in [2.45, 2.75) is 36.3 Å². The average Bonchev–Trinajstić information content (AvgIpc) is 2.50. The van der Waals surface area contributed by atoms with Crippen LogP contribution in [0.15, 0.2) is 25.3 Å². The monoisotopic (exact) mass is 302 g/mol. The van der Waals surface area contributed by atoms with E-state index in [4.69, 9.17) is 9.47 Å². The number of methoxy groups -OCH3 is 1. The van der Waals surface area contributed by atoms with Gasteiger partial charge in [0.05, 0.1) is 0 Å². The molecule has 21 heavy (non-hydrogen) atoms. The third-order valence-electron chi connectivity index (χ3n) is 3.30. The van der Waals surface area contributed by atoms with Gasteiger partial charge in [-0.2, -0.15) is 0 Å². The molecule has 0 amide bonds. The van der Waals surface area contributed by atoms with Crippen molar-refractivity contribution in [2.24, 2.45) is 0 Å². The zero-order chi connectivity index (χ0) is 16.4. The van der Waals surface area contributed by atoms with E-state index in [1.165, 1.54) is 0 Å². The van der Waals surface area contributed by atoms with E-state index in [1.54, 1.807) is 0 Å². The van der Waals surface area contributed by atoms with Gasteiger partial charge in [0.2, 0.25) is 5.60 Å². The Balaban J connectivity index is 3.17. The van der Waals surface area contributed by atoms with E-state index in [-0.39, 0.29) is 0 Å². The summed E-state index contributed by atoms with van der Waals surface area (Å²) in [6.45, 7) is 6.38. The molecule has 0 saturated carbocycles. The molecule has 1 aliphatic heterocycles. The van der Waals surface area contributed by atoms with E-state index in [0.717, 1.165) is 19.3 Å². The first-order chi connectivity index (χ1) is 9.75. The quantitative estimate of drug-likeness (QED) is 0.317. The van der Waals surface area contributed by atoms with Gasteiger partial charge in [0.1, 0.15) is 18.3 Å². The van der Waals surface area contributed by atoms with Crippen molar-refractivity contribution < 1.29 is 39.5 Å². The van der Waals surface area contributed by atoms with Crippen LogP contribution >= 0.6 is 0 Å². The van der Waals surface area contributed by atoms with Crippen LogP contribution in [0.3, 0.4) is 0 Å². The molecule has 0 aromatic carbocycles. The molecule has 8 heteroatoms. The second kappa shape index (κ2) is 6.56. The zero-order valence-corrected chi connectivity index (χ0v) is 11.4. The summed E-state index contributed by atoms with van der Waals surface area (Å²) in [5, 5.41) is 39.5. The Morgan fingerprint density at radius 3 is 2.38 bits per heavy atom. The predicted molar refractivity (Wildman–Crippen MR) is 69.0 cm³/mol. The van der Waals surface area contributed by atoms with Gasteiger partial charge >= 0.3 is 0 Å². The molecule has 0 aromatic rings. The van der Waals surface area contributed by atoms with Gasteiger partial charge in [-0.1, -0.05) is 12.7 Å². The molecule has 1 saturated heterocycles. The molecule has 1 unspecified atom stereocenters. The number of hydrogen-bond acceptors (Lipinski definition) is 8. The molecule has 0 aromatic heterocycles. The summed E-state index contributed by atoms with van der Waals surface area (Å²) in [5.41, 5.74) is -2.62. The maximum atomic E-state index is 11.8. The highest BCUT2D eigenvalue weighted by molar-refractivity contribution is 5.98. The molecule has 1 heterocycles. The minimum absolute atomic E-state index is 0.728. The average molecular weight is 302 g/mol. The third-order valence-corrected chi connectivity index (χ3v) is 3.30. The van der Waals surface area contributed by atoms with E-state index in [9.17, 15) is 30.0 Å². The summed E-state index contributed by atoms with van der Waals surface area (Å²) >= 11 is 0. The van der Waals surface area contributed by atoms with Crippen LogP contribution in [0.2, 0.25) is 0 Å². The summed E-state index contributed by atoms with van der Waals surface area (Å²) in [7, 11) is 1.07. The molecular weight excluding hydrogens is 284 g/mol. The van der Waals surface area contributed by atoms with Crippen LogP contribution in [-0.2, 0) is 19.1 Å². The van der Waals surface area contributed by atoms with Gasteiger partial charge in [-0.15, -0.1) is 6.58 Å². The number of hydrogen-bond donors (Lipinski definition) is 4. The molecule has 0 spiro atoms. The second-order valence-corrected chi connectivity index (χ2v) is 4.54. The maximum Gasteiger partial charge on any atom is 0.206 e. The van der Waals surface area contributed by atoms with E-state index < -0.39 is 47.9 Å². The van der Waals surface area contributed by atoms with Crippen LogP contribution in [0.5, 0.6) is 0 Å². The fourth-order valence-corrected chi connectivity index (χ4v) is 2.06. The van der Waals surface area contributed by atoms with Crippen molar-refractivity contribution in [3.8, 4) is 0 Å². The first kappa shape index (κ1) is 17.6. The molecule has 0 aliphatic carbocycles. The van der Waals surface area contributed by atoms with Crippen molar-refractivity contribution in [1.82, 2.24) is 0 Å². The molecular formula is C13H18O8. The van der Waals surface area contributed by atoms with E-state index in [2.05, 4.69) is 13.2 Å². The lowest BCUT2D eigenvalue weighted by Gasteiger charge is -2.45. The number of carbonyl (C=O) groups excluding carboxylic acids is 2. The zero-order valence-electron chi connectivity index (χ0n) is 11.4. The minimum Gasteiger partial charge on any atom is -0.387 e. The normalized spacial score (nSPS) is 37.6. The lowest BCUT2D eigenvalue weighted by Crippen LogP contribution is -2.71. The number of carbonyl (C=O) groups is 2. The number of ketones is 2. The molecule has 0 radical (unpaired) electrons. The largest absolute Gasteiger partial charge is 0.387 e. The van der Waals surface area contributed by atoms with Crippen LogP contribution < -0.4 is 0 Å². The van der Waals surface area contributed by atoms with Crippen molar-refractivity contribution >= 4 is 11.6 Å². The van der Waals surface area contributed by atoms with Gasteiger partial charge in [-0.25, -0.2) is 0 Å². The lowest BCUT2D eigenvalue weighted by atomic mass is 9.81. The number of Topliss-reactive ketones (excluding diaryl/α,β-unsaturated/α-hetero) is 1. The Labute approximate surface area is 120 Å². The van der Waals surface area contributed by atoms with Gasteiger partial charge in [0, 0.05) is 7.11 Å². The summed E-state index contributed by atoms with van der Waals surface area (Å²) in [6, 6.07) is 0. The standard InChI is InChI=1S/C13H18O8/c1-4-6(14)8(16)10-9(17)11(18)13(19,7(15)5-2)12(20-3)21-10/h4-6,9-12,14,17-19H,1-2H2,3H3/t6?,9-,10+,11-,12-,13+/m0/s1. The summed E-state index contributed by atoms with van der Waals surface area (Å²) < 4.78 is 9.80. The molecule has 6 atom stereocenters. The summed E-state index contributed by atoms with van der Waals surface area (Å²) in [4.78, 5) is 23.6. The van der Waals surface area contributed by atoms with Crippen LogP contribution in [0.1, 0.15) is 0 Å². The molecule has 4 N–H and O–H groups in total. The molecule has 1 rings (SSSR count). The van der Waals surface area contributed by atoms with Crippen LogP contribution in [0.25, 0.3) is 0 Å². The van der Waals surface area contributed by atoms with Gasteiger partial charge < -0.3 is 29.9 Å². The highest BCUT2D eigenvalue weighted by atomic mass is 16.7. The fraction of sp³-hybridized carbons (Fsp3) is 0.538. The van der Waals surface area contributed by atoms with Crippen LogP contribution in [0, 0.1) is 0 Å². The Kier molecular flexibility index (Phi) is 5.51. The van der Waals surface area contributed by atoms with E-state index in [0.29, 0.717) is 0 Å². The Morgan fingerprint density at radius 2 is 1.95 bits per heavy atom. The lowest BCUT2D eigenvalue weighted by molar-refractivity contribution is -0.313. The Hall–Kier alpha value is -1.42. The van der Waals surface area contributed by atoms with Crippen molar-refractivity contribution in [2.75, 3.05) is 7.11 Å². The molecule has 1 aliphatic rings.